The summed E-state index contributed by atoms with van der Waals surface area (Å²) >= 11 is 0. The predicted octanol–water partition coefficient (Wildman–Crippen LogP) is 5.69. The van der Waals surface area contributed by atoms with Crippen LogP contribution in [0.4, 0.5) is 22.0 Å². The number of hydrogen-bond donors (Lipinski definition) is 3. The fraction of sp³-hybridized carbons (Fsp3) is 0.452. The number of rotatable bonds is 10. The van der Waals surface area contributed by atoms with Crippen molar-refractivity contribution in [1.82, 2.24) is 34.4 Å². The lowest BCUT2D eigenvalue weighted by molar-refractivity contribution is -0.135. The molecule has 2 atom stereocenters. The fourth-order valence-electron chi connectivity index (χ4n) is 8.96. The number of nitrogens with zero attached hydrogens (tertiary/aromatic N) is 5. The van der Waals surface area contributed by atoms with Crippen LogP contribution in [0.1, 0.15) is 78.5 Å². The van der Waals surface area contributed by atoms with Gasteiger partial charge in [0.05, 0.1) is 34.7 Å². The highest BCUT2D eigenvalue weighted by atomic mass is 19.3. The second kappa shape index (κ2) is 15.9. The van der Waals surface area contributed by atoms with Crippen molar-refractivity contribution in [3.8, 4) is 5.75 Å². The van der Waals surface area contributed by atoms with E-state index in [-0.39, 0.29) is 55.9 Å². The first-order chi connectivity index (χ1) is 28.2. The highest BCUT2D eigenvalue weighted by molar-refractivity contribution is 6.00. The largest absolute Gasteiger partial charge is 0.503 e. The van der Waals surface area contributed by atoms with Gasteiger partial charge in [0.1, 0.15) is 6.04 Å². The average molecular weight is 822 g/mol. The molecule has 3 aromatic carbocycles. The number of imide groups is 1. The number of alkyl halides is 2. The smallest absolute Gasteiger partial charge is 0.329 e. The number of hydrogen-bond acceptors (Lipinski definition) is 7. The van der Waals surface area contributed by atoms with Gasteiger partial charge in [-0.1, -0.05) is 18.2 Å². The number of phenolic OH excluding ortho intramolecular Hbond substituents is 1. The Bertz CT molecular complexity index is 2520. The lowest BCUT2D eigenvalue weighted by Crippen LogP contribution is -2.49. The van der Waals surface area contributed by atoms with E-state index in [0.29, 0.717) is 43.0 Å². The summed E-state index contributed by atoms with van der Waals surface area (Å²) in [7, 11) is 1.62. The molecule has 59 heavy (non-hydrogen) atoms. The molecule has 3 aliphatic rings. The van der Waals surface area contributed by atoms with E-state index in [4.69, 9.17) is 5.10 Å². The molecule has 0 radical (unpaired) electrons. The van der Waals surface area contributed by atoms with Crippen LogP contribution >= 0.6 is 0 Å². The zero-order valence-corrected chi connectivity index (χ0v) is 32.3. The molecule has 3 N–H and O–H groups in total. The third kappa shape index (κ3) is 7.96. The van der Waals surface area contributed by atoms with Crippen molar-refractivity contribution < 1.29 is 41.4 Å². The van der Waals surface area contributed by atoms with Gasteiger partial charge in [-0.15, -0.1) is 0 Å². The first-order valence-corrected chi connectivity index (χ1v) is 19.9. The molecule has 12 nitrogen and oxygen atoms in total. The quantitative estimate of drug-likeness (QED) is 0.0934. The van der Waals surface area contributed by atoms with E-state index in [9.17, 15) is 37.5 Å². The normalized spacial score (nSPS) is 22.5. The molecule has 2 aliphatic heterocycles. The molecule has 2 aromatic heterocycles. The van der Waals surface area contributed by atoms with Gasteiger partial charge in [0, 0.05) is 44.1 Å². The van der Waals surface area contributed by atoms with Crippen molar-refractivity contribution in [3.63, 3.8) is 0 Å². The molecule has 1 aliphatic carbocycles. The Morgan fingerprint density at radius 2 is 1.71 bits per heavy atom. The highest BCUT2D eigenvalue weighted by Crippen LogP contribution is 2.37. The van der Waals surface area contributed by atoms with Crippen LogP contribution in [0.15, 0.2) is 53.5 Å². The summed E-state index contributed by atoms with van der Waals surface area (Å²) in [5, 5.41) is 19.8. The summed E-state index contributed by atoms with van der Waals surface area (Å²) in [6.45, 7) is 0.754. The van der Waals surface area contributed by atoms with Crippen LogP contribution in [-0.2, 0) is 29.5 Å². The molecule has 2 saturated heterocycles. The van der Waals surface area contributed by atoms with Crippen LogP contribution in [0.25, 0.3) is 21.9 Å². The van der Waals surface area contributed by atoms with Gasteiger partial charge in [-0.2, -0.15) is 9.49 Å². The number of benzene rings is 3. The molecule has 0 spiro atoms. The number of aryl methyl sites for hydroxylation is 1. The summed E-state index contributed by atoms with van der Waals surface area (Å²) in [5.74, 6) is -11.9. The molecular formula is C42H44F5N7O5. The van der Waals surface area contributed by atoms with Gasteiger partial charge in [0.2, 0.25) is 17.6 Å². The van der Waals surface area contributed by atoms with Gasteiger partial charge in [0.25, 0.3) is 11.8 Å². The van der Waals surface area contributed by atoms with Crippen molar-refractivity contribution in [2.45, 2.75) is 75.8 Å². The second-order valence-electron chi connectivity index (χ2n) is 16.2. The number of aromatic nitrogens is 4. The Morgan fingerprint density at radius 1 is 0.949 bits per heavy atom. The van der Waals surface area contributed by atoms with Gasteiger partial charge in [-0.3, -0.25) is 38.4 Å². The molecule has 1 saturated carbocycles. The summed E-state index contributed by atoms with van der Waals surface area (Å²) < 4.78 is 77.7. The highest BCUT2D eigenvalue weighted by Gasteiger charge is 2.44. The Labute approximate surface area is 335 Å². The summed E-state index contributed by atoms with van der Waals surface area (Å²) in [4.78, 5) is 51.5. The number of phenols is 1. The van der Waals surface area contributed by atoms with Crippen molar-refractivity contribution in [2.24, 2.45) is 18.9 Å². The third-order valence-electron chi connectivity index (χ3n) is 12.4. The van der Waals surface area contributed by atoms with Crippen LogP contribution < -0.4 is 16.3 Å². The minimum absolute atomic E-state index is 0.0580. The van der Waals surface area contributed by atoms with E-state index in [0.717, 1.165) is 47.7 Å². The van der Waals surface area contributed by atoms with Crippen molar-refractivity contribution in [2.75, 3.05) is 26.2 Å². The number of piperidine rings is 2. The molecule has 8 rings (SSSR count). The lowest BCUT2D eigenvalue weighted by atomic mass is 9.86. The van der Waals surface area contributed by atoms with Crippen molar-refractivity contribution in [1.29, 1.82) is 0 Å². The van der Waals surface area contributed by atoms with Crippen LogP contribution in [0.3, 0.4) is 0 Å². The van der Waals surface area contributed by atoms with E-state index in [1.807, 2.05) is 41.2 Å². The van der Waals surface area contributed by atoms with E-state index < -0.39 is 58.5 Å². The van der Waals surface area contributed by atoms with Gasteiger partial charge in [-0.25, -0.2) is 22.4 Å². The second-order valence-corrected chi connectivity index (χ2v) is 16.2. The van der Waals surface area contributed by atoms with Gasteiger partial charge >= 0.3 is 5.69 Å². The van der Waals surface area contributed by atoms with E-state index >= 15 is 8.78 Å². The Kier molecular flexibility index (Phi) is 10.8. The number of likely N-dealkylation sites (tertiary alicyclic amines) is 1. The summed E-state index contributed by atoms with van der Waals surface area (Å²) in [5.41, 5.74) is 2.40. The first kappa shape index (κ1) is 40.2. The van der Waals surface area contributed by atoms with Crippen LogP contribution in [-0.4, -0.2) is 78.7 Å². The Hall–Kier alpha value is -5.58. The van der Waals surface area contributed by atoms with Crippen molar-refractivity contribution in [3.05, 3.63) is 93.3 Å². The molecule has 2 unspecified atom stereocenters. The van der Waals surface area contributed by atoms with Crippen LogP contribution in [0, 0.1) is 29.3 Å². The summed E-state index contributed by atoms with van der Waals surface area (Å²) in [6, 6.07) is 10.9. The average Bonchev–Trinajstić information content (AvgIpc) is 3.75. The van der Waals surface area contributed by atoms with E-state index in [1.165, 1.54) is 9.13 Å². The van der Waals surface area contributed by atoms with Gasteiger partial charge in [0.15, 0.2) is 17.4 Å². The maximum Gasteiger partial charge on any atom is 0.329 e. The third-order valence-corrected chi connectivity index (χ3v) is 12.4. The van der Waals surface area contributed by atoms with Crippen LogP contribution in [0.2, 0.25) is 0 Å². The number of imidazole rings is 1. The minimum atomic E-state index is -2.91. The van der Waals surface area contributed by atoms with Gasteiger partial charge in [-0.05, 0) is 99.2 Å². The monoisotopic (exact) mass is 821 g/mol. The topological polar surface area (TPSA) is 143 Å². The van der Waals surface area contributed by atoms with Crippen LogP contribution in [0.5, 0.6) is 5.75 Å². The molecular weight excluding hydrogens is 777 g/mol. The maximum absolute atomic E-state index is 15.7. The minimum Gasteiger partial charge on any atom is -0.503 e. The molecule has 3 amide bonds. The Balaban J connectivity index is 0.832. The molecule has 312 valence electrons. The van der Waals surface area contributed by atoms with E-state index in [2.05, 4.69) is 10.6 Å². The Morgan fingerprint density at radius 3 is 2.46 bits per heavy atom. The molecule has 4 heterocycles. The molecule has 0 bridgehead atoms. The number of aromatic hydroxyl groups is 1. The fourth-order valence-corrected chi connectivity index (χ4v) is 8.96. The lowest BCUT2D eigenvalue weighted by Gasteiger charge is -2.38. The number of carbonyl (C=O) groups excluding carboxylic acids is 3. The number of nitrogens with one attached hydrogen (secondary N) is 2. The SMILES string of the molecule is Cn1c(=O)n(C2CCC(=O)NC2=O)c2ccc(CCN3CCC(Cc4ccc5cn([C@H]6CC[C@H](CNC(=O)c7cc(F)c(O)c(F)c7F)CC6)nc5c4)C(F)(F)C3)cc21. The van der Waals surface area contributed by atoms with Crippen molar-refractivity contribution >= 4 is 39.7 Å². The summed E-state index contributed by atoms with van der Waals surface area (Å²) in [6.07, 6.45) is 6.29. The van der Waals surface area contributed by atoms with E-state index in [1.54, 1.807) is 18.0 Å². The molecule has 3 fully saturated rings. The molecule has 17 heteroatoms. The maximum atomic E-state index is 15.7. The predicted molar refractivity (Wildman–Crippen MR) is 207 cm³/mol. The zero-order chi connectivity index (χ0) is 41.7. The molecule has 5 aromatic rings. The number of amides is 3. The number of halogens is 5. The number of carbonyl (C=O) groups is 3. The number of fused-ring (bicyclic) bond motifs is 2. The zero-order valence-electron chi connectivity index (χ0n) is 32.3. The standard InChI is InChI=1S/C42H44F5N7O5/c1-51-34-18-23(5-9-32(34)54(41(51)59)33-10-11-35(55)49-40(33)58)12-14-52-15-13-27(42(46,47)22-52)16-25-2-6-26-21-53(50-31(26)17-25)28-7-3-24(4-8-28)20-48-39(57)29-19-30(43)38(56)37(45)36(29)44/h2,5-6,9,17-19,21,24,27-28,33,56H,3-4,7-8,10-16,20,22H2,1H3,(H,48,57)(H,49,55,58)/t24-,27?,28-,33?. The van der Waals surface area contributed by atoms with Gasteiger partial charge < -0.3 is 10.4 Å². The first-order valence-electron chi connectivity index (χ1n) is 19.9.